The molecule has 0 radical (unpaired) electrons. The van der Waals surface area contributed by atoms with Gasteiger partial charge in [0.15, 0.2) is 0 Å². The van der Waals surface area contributed by atoms with Gasteiger partial charge in [-0.25, -0.2) is 0 Å². The summed E-state index contributed by atoms with van der Waals surface area (Å²) in [4.78, 5) is 7.00. The number of hydrogen-bond donors (Lipinski definition) is 1. The Balaban J connectivity index is 1.63. The highest BCUT2D eigenvalue weighted by molar-refractivity contribution is 5.83. The van der Waals surface area contributed by atoms with Gasteiger partial charge in [-0.15, -0.1) is 0 Å². The van der Waals surface area contributed by atoms with Gasteiger partial charge in [0, 0.05) is 24.2 Å². The Bertz CT molecular complexity index is 717. The number of aromatic hydroxyl groups is 1. The topological polar surface area (TPSA) is 45.6 Å². The number of ether oxygens (including phenoxy) is 1. The zero-order valence-electron chi connectivity index (χ0n) is 11.8. The second-order valence-electron chi connectivity index (χ2n) is 6.54. The standard InChI is InChI=1S/C17H18N2O2/c20-11-1-2-14-13(8-11)12(3-5-18-14)17-15-7-10-4-6-19(15)9-16(10)21-17/h1-3,5,8,10,15-17,20H,4,6-7,9H2. The van der Waals surface area contributed by atoms with Gasteiger partial charge in [0.05, 0.1) is 17.7 Å². The van der Waals surface area contributed by atoms with E-state index < -0.39 is 0 Å². The van der Waals surface area contributed by atoms with Crippen LogP contribution in [-0.4, -0.2) is 40.2 Å². The maximum absolute atomic E-state index is 9.81. The lowest BCUT2D eigenvalue weighted by Crippen LogP contribution is -2.63. The Morgan fingerprint density at radius 1 is 1.29 bits per heavy atom. The number of fused-ring (bicyclic) bond motifs is 3. The van der Waals surface area contributed by atoms with Crippen molar-refractivity contribution < 1.29 is 9.84 Å². The van der Waals surface area contributed by atoms with Crippen molar-refractivity contribution in [3.63, 3.8) is 0 Å². The Morgan fingerprint density at radius 3 is 3.05 bits per heavy atom. The molecule has 5 saturated heterocycles. The predicted molar refractivity (Wildman–Crippen MR) is 79.1 cm³/mol. The van der Waals surface area contributed by atoms with Gasteiger partial charge in [-0.2, -0.15) is 0 Å². The first kappa shape index (κ1) is 12.0. The van der Waals surface area contributed by atoms with Crippen LogP contribution in [0.1, 0.15) is 24.5 Å². The number of aromatic nitrogens is 1. The minimum Gasteiger partial charge on any atom is -0.508 e. The summed E-state index contributed by atoms with van der Waals surface area (Å²) in [6.07, 6.45) is 4.89. The molecule has 0 amide bonds. The van der Waals surface area contributed by atoms with E-state index in [1.165, 1.54) is 24.9 Å². The highest BCUT2D eigenvalue weighted by atomic mass is 16.5. The molecule has 5 unspecified atom stereocenters. The molecule has 6 heterocycles. The maximum atomic E-state index is 9.81. The van der Waals surface area contributed by atoms with Crippen LogP contribution >= 0.6 is 0 Å². The van der Waals surface area contributed by atoms with Crippen LogP contribution in [0, 0.1) is 5.92 Å². The molecule has 0 saturated carbocycles. The molecule has 1 aromatic heterocycles. The van der Waals surface area contributed by atoms with E-state index in [4.69, 9.17) is 4.74 Å². The third kappa shape index (κ3) is 1.66. The van der Waals surface area contributed by atoms with E-state index in [-0.39, 0.29) is 6.10 Å². The van der Waals surface area contributed by atoms with Gasteiger partial charge in [0.1, 0.15) is 5.75 Å². The van der Waals surface area contributed by atoms with Crippen molar-refractivity contribution in [3.8, 4) is 5.75 Å². The van der Waals surface area contributed by atoms with Crippen molar-refractivity contribution in [2.75, 3.05) is 13.1 Å². The molecule has 21 heavy (non-hydrogen) atoms. The summed E-state index contributed by atoms with van der Waals surface area (Å²) < 4.78 is 6.40. The molecule has 108 valence electrons. The molecule has 4 nitrogen and oxygen atoms in total. The molecular formula is C17H18N2O2. The molecule has 0 aliphatic carbocycles. The van der Waals surface area contributed by atoms with Crippen molar-refractivity contribution in [2.45, 2.75) is 31.1 Å². The van der Waals surface area contributed by atoms with E-state index in [0.717, 1.165) is 23.4 Å². The second kappa shape index (κ2) is 4.18. The monoisotopic (exact) mass is 282 g/mol. The number of benzene rings is 1. The summed E-state index contributed by atoms with van der Waals surface area (Å²) in [5, 5.41) is 10.8. The van der Waals surface area contributed by atoms with Crippen LogP contribution in [0.25, 0.3) is 10.9 Å². The predicted octanol–water partition coefficient (Wildman–Crippen LogP) is 2.47. The third-order valence-electron chi connectivity index (χ3n) is 5.48. The van der Waals surface area contributed by atoms with Crippen molar-refractivity contribution in [3.05, 3.63) is 36.0 Å². The SMILES string of the molecule is Oc1ccc2nccc(C3OC4CN5CCC4CC35)c2c1. The zero-order valence-corrected chi connectivity index (χ0v) is 11.8. The number of phenolic OH excluding ortho intramolecular Hbond substituents is 1. The lowest BCUT2D eigenvalue weighted by molar-refractivity contribution is -0.213. The minimum absolute atomic E-state index is 0.118. The van der Waals surface area contributed by atoms with Crippen LogP contribution in [0.15, 0.2) is 30.5 Å². The summed E-state index contributed by atoms with van der Waals surface area (Å²) in [6.45, 7) is 2.31. The summed E-state index contributed by atoms with van der Waals surface area (Å²) in [5.74, 6) is 1.04. The normalized spacial score (nSPS) is 37.2. The van der Waals surface area contributed by atoms with E-state index >= 15 is 0 Å². The Morgan fingerprint density at radius 2 is 2.24 bits per heavy atom. The molecular weight excluding hydrogens is 264 g/mol. The molecule has 4 heteroatoms. The molecule has 0 spiro atoms. The quantitative estimate of drug-likeness (QED) is 0.873. The molecule has 5 aliphatic rings. The summed E-state index contributed by atoms with van der Waals surface area (Å²) in [6, 6.07) is 7.93. The van der Waals surface area contributed by atoms with Gasteiger partial charge in [-0.05, 0) is 55.1 Å². The maximum Gasteiger partial charge on any atom is 0.116 e. The molecule has 2 aromatic rings. The number of nitrogens with zero attached hydrogens (tertiary/aromatic N) is 2. The van der Waals surface area contributed by atoms with E-state index in [1.807, 2.05) is 18.3 Å². The van der Waals surface area contributed by atoms with Crippen LogP contribution in [0.5, 0.6) is 5.75 Å². The Labute approximate surface area is 123 Å². The van der Waals surface area contributed by atoms with Crippen LogP contribution in [0.2, 0.25) is 0 Å². The summed E-state index contributed by atoms with van der Waals surface area (Å²) in [7, 11) is 0. The van der Waals surface area contributed by atoms with Crippen LogP contribution in [0.4, 0.5) is 0 Å². The highest BCUT2D eigenvalue weighted by Crippen LogP contribution is 2.48. The van der Waals surface area contributed by atoms with Crippen molar-refractivity contribution in [1.82, 2.24) is 9.88 Å². The smallest absolute Gasteiger partial charge is 0.116 e. The van der Waals surface area contributed by atoms with Crippen molar-refractivity contribution in [1.29, 1.82) is 0 Å². The van der Waals surface area contributed by atoms with Crippen molar-refractivity contribution in [2.24, 2.45) is 5.92 Å². The fraction of sp³-hybridized carbons (Fsp3) is 0.471. The lowest BCUT2D eigenvalue weighted by atomic mass is 9.75. The van der Waals surface area contributed by atoms with E-state index in [0.29, 0.717) is 17.9 Å². The molecule has 4 bridgehead atoms. The molecule has 5 aliphatic heterocycles. The van der Waals surface area contributed by atoms with E-state index in [1.54, 1.807) is 6.07 Å². The third-order valence-corrected chi connectivity index (χ3v) is 5.48. The fourth-order valence-corrected chi connectivity index (χ4v) is 4.45. The molecule has 7 rings (SSSR count). The number of hydrogen-bond acceptors (Lipinski definition) is 4. The van der Waals surface area contributed by atoms with Gasteiger partial charge in [-0.3, -0.25) is 9.88 Å². The number of rotatable bonds is 1. The van der Waals surface area contributed by atoms with Crippen LogP contribution in [0.3, 0.4) is 0 Å². The number of phenols is 1. The van der Waals surface area contributed by atoms with Gasteiger partial charge < -0.3 is 9.84 Å². The summed E-state index contributed by atoms with van der Waals surface area (Å²) in [5.41, 5.74) is 2.10. The molecule has 1 N–H and O–H groups in total. The largest absolute Gasteiger partial charge is 0.508 e. The van der Waals surface area contributed by atoms with Gasteiger partial charge in [0.25, 0.3) is 0 Å². The van der Waals surface area contributed by atoms with E-state index in [9.17, 15) is 5.11 Å². The van der Waals surface area contributed by atoms with Crippen molar-refractivity contribution >= 4 is 10.9 Å². The van der Waals surface area contributed by atoms with Gasteiger partial charge in [0.2, 0.25) is 0 Å². The first-order valence-corrected chi connectivity index (χ1v) is 7.77. The fourth-order valence-electron chi connectivity index (χ4n) is 4.45. The van der Waals surface area contributed by atoms with Crippen LogP contribution in [-0.2, 0) is 4.74 Å². The minimum atomic E-state index is 0.118. The first-order valence-electron chi connectivity index (χ1n) is 7.77. The molecule has 5 fully saturated rings. The highest BCUT2D eigenvalue weighted by Gasteiger charge is 2.50. The Hall–Kier alpha value is -1.65. The average molecular weight is 282 g/mol. The molecule has 5 atom stereocenters. The van der Waals surface area contributed by atoms with Crippen LogP contribution < -0.4 is 0 Å². The zero-order chi connectivity index (χ0) is 14.0. The average Bonchev–Trinajstić information content (AvgIpc) is 2.54. The number of morpholine rings is 1. The van der Waals surface area contributed by atoms with E-state index in [2.05, 4.69) is 16.0 Å². The number of pyridine rings is 1. The Kier molecular flexibility index (Phi) is 2.38. The first-order chi connectivity index (χ1) is 10.3. The lowest BCUT2D eigenvalue weighted by Gasteiger charge is -2.57. The number of piperidine rings is 3. The summed E-state index contributed by atoms with van der Waals surface area (Å²) >= 11 is 0. The van der Waals surface area contributed by atoms with Gasteiger partial charge >= 0.3 is 0 Å². The van der Waals surface area contributed by atoms with Gasteiger partial charge in [-0.1, -0.05) is 0 Å². The molecule has 1 aromatic carbocycles. The second-order valence-corrected chi connectivity index (χ2v) is 6.54.